The fraction of sp³-hybridized carbons (Fsp3) is 0.143. The number of hydrogen-bond donors (Lipinski definition) is 1. The minimum absolute atomic E-state index is 0.0693. The fourth-order valence-corrected chi connectivity index (χ4v) is 2.11. The van der Waals surface area contributed by atoms with E-state index in [1.165, 1.54) is 18.2 Å². The summed E-state index contributed by atoms with van der Waals surface area (Å²) in [4.78, 5) is 10.4. The summed E-state index contributed by atoms with van der Waals surface area (Å²) in [6.07, 6.45) is 0. The second-order valence-electron chi connectivity index (χ2n) is 4.45. The highest BCUT2D eigenvalue weighted by Crippen LogP contribution is 2.37. The van der Waals surface area contributed by atoms with Gasteiger partial charge in [0.2, 0.25) is 5.75 Å². The smallest absolute Gasteiger partial charge is 0.313 e. The van der Waals surface area contributed by atoms with Crippen molar-refractivity contribution in [3.8, 4) is 11.5 Å². The molecular formula is C14H12Cl2N2O3. The molecule has 2 rings (SSSR count). The van der Waals surface area contributed by atoms with Gasteiger partial charge in [-0.3, -0.25) is 10.1 Å². The maximum Gasteiger partial charge on any atom is 0.313 e. The van der Waals surface area contributed by atoms with E-state index in [9.17, 15) is 10.1 Å². The molecule has 0 unspecified atom stereocenters. The molecule has 0 aromatic heterocycles. The third-order valence-electron chi connectivity index (χ3n) is 2.82. The van der Waals surface area contributed by atoms with E-state index in [1.807, 2.05) is 6.92 Å². The zero-order chi connectivity index (χ0) is 15.6. The Hall–Kier alpha value is -1.82. The first-order valence-corrected chi connectivity index (χ1v) is 6.81. The monoisotopic (exact) mass is 326 g/mol. The zero-order valence-electron chi connectivity index (χ0n) is 11.0. The molecule has 2 aromatic rings. The lowest BCUT2D eigenvalue weighted by Gasteiger charge is -2.11. The SMILES string of the molecule is C[C@H](N)c1ccc(Oc2ccc(Cl)cc2[N+](=O)[O-])c(Cl)c1. The van der Waals surface area contributed by atoms with Gasteiger partial charge in [-0.05, 0) is 36.8 Å². The molecule has 1 atom stereocenters. The molecule has 7 heteroatoms. The summed E-state index contributed by atoms with van der Waals surface area (Å²) in [7, 11) is 0. The van der Waals surface area contributed by atoms with Gasteiger partial charge in [0.15, 0.2) is 0 Å². The van der Waals surface area contributed by atoms with Crippen molar-refractivity contribution in [2.75, 3.05) is 0 Å². The molecule has 2 aromatic carbocycles. The molecule has 0 spiro atoms. The average Bonchev–Trinajstić information content (AvgIpc) is 2.42. The van der Waals surface area contributed by atoms with Gasteiger partial charge in [0, 0.05) is 17.1 Å². The minimum atomic E-state index is -0.564. The summed E-state index contributed by atoms with van der Waals surface area (Å²) in [6.45, 7) is 1.83. The van der Waals surface area contributed by atoms with Crippen LogP contribution in [0.15, 0.2) is 36.4 Å². The molecule has 0 fully saturated rings. The molecule has 0 saturated heterocycles. The lowest BCUT2D eigenvalue weighted by molar-refractivity contribution is -0.385. The van der Waals surface area contributed by atoms with E-state index in [2.05, 4.69) is 0 Å². The molecule has 0 aliphatic rings. The van der Waals surface area contributed by atoms with Crippen LogP contribution in [0.2, 0.25) is 10.0 Å². The molecule has 2 N–H and O–H groups in total. The van der Waals surface area contributed by atoms with E-state index in [4.69, 9.17) is 33.7 Å². The van der Waals surface area contributed by atoms with Crippen molar-refractivity contribution in [3.05, 3.63) is 62.1 Å². The number of ether oxygens (including phenoxy) is 1. The summed E-state index contributed by atoms with van der Waals surface area (Å²) in [5, 5.41) is 11.6. The van der Waals surface area contributed by atoms with Gasteiger partial charge in [0.25, 0.3) is 0 Å². The number of benzene rings is 2. The molecule has 0 aliphatic carbocycles. The molecule has 110 valence electrons. The number of nitrogens with zero attached hydrogens (tertiary/aromatic N) is 1. The first-order chi connectivity index (χ1) is 9.88. The van der Waals surface area contributed by atoms with Gasteiger partial charge in [-0.2, -0.15) is 0 Å². The Morgan fingerprint density at radius 3 is 2.43 bits per heavy atom. The number of nitro groups is 1. The number of nitro benzene ring substituents is 1. The second-order valence-corrected chi connectivity index (χ2v) is 5.29. The summed E-state index contributed by atoms with van der Waals surface area (Å²) in [5.41, 5.74) is 6.38. The second kappa shape index (κ2) is 6.30. The van der Waals surface area contributed by atoms with E-state index in [-0.39, 0.29) is 22.5 Å². The van der Waals surface area contributed by atoms with E-state index in [1.54, 1.807) is 18.2 Å². The van der Waals surface area contributed by atoms with Gasteiger partial charge in [-0.25, -0.2) is 0 Å². The van der Waals surface area contributed by atoms with Gasteiger partial charge in [0.1, 0.15) is 5.75 Å². The van der Waals surface area contributed by atoms with Crippen LogP contribution >= 0.6 is 23.2 Å². The van der Waals surface area contributed by atoms with E-state index in [0.717, 1.165) is 5.56 Å². The minimum Gasteiger partial charge on any atom is -0.449 e. The number of hydrogen-bond acceptors (Lipinski definition) is 4. The Labute approximate surface area is 131 Å². The number of nitrogens with two attached hydrogens (primary N) is 1. The lowest BCUT2D eigenvalue weighted by atomic mass is 10.1. The highest BCUT2D eigenvalue weighted by atomic mass is 35.5. The van der Waals surface area contributed by atoms with Crippen LogP contribution in [0.1, 0.15) is 18.5 Å². The predicted molar refractivity (Wildman–Crippen MR) is 82.2 cm³/mol. The third-order valence-corrected chi connectivity index (χ3v) is 3.35. The van der Waals surface area contributed by atoms with Crippen LogP contribution in [0.3, 0.4) is 0 Å². The normalized spacial score (nSPS) is 12.0. The van der Waals surface area contributed by atoms with Crippen LogP contribution in [0.4, 0.5) is 5.69 Å². The Bertz CT molecular complexity index is 690. The highest BCUT2D eigenvalue weighted by molar-refractivity contribution is 6.32. The van der Waals surface area contributed by atoms with E-state index < -0.39 is 4.92 Å². The van der Waals surface area contributed by atoms with Gasteiger partial charge in [-0.1, -0.05) is 29.3 Å². The Kier molecular flexibility index (Phi) is 4.67. The standard InChI is InChI=1S/C14H12Cl2N2O3/c1-8(17)9-2-4-13(11(16)6-9)21-14-5-3-10(15)7-12(14)18(19)20/h2-8H,17H2,1H3/t8-/m0/s1. The third kappa shape index (κ3) is 3.64. The molecular weight excluding hydrogens is 315 g/mol. The predicted octanol–water partition coefficient (Wildman–Crippen LogP) is 4.71. The van der Waals surface area contributed by atoms with Gasteiger partial charge >= 0.3 is 5.69 Å². The summed E-state index contributed by atoms with van der Waals surface area (Å²) < 4.78 is 5.52. The number of halogens is 2. The first-order valence-electron chi connectivity index (χ1n) is 6.05. The Morgan fingerprint density at radius 1 is 1.19 bits per heavy atom. The summed E-state index contributed by atoms with van der Waals surface area (Å²) in [6, 6.07) is 9.04. The molecule has 0 saturated carbocycles. The fourth-order valence-electron chi connectivity index (χ4n) is 1.72. The van der Waals surface area contributed by atoms with Crippen molar-refractivity contribution in [1.82, 2.24) is 0 Å². The molecule has 0 amide bonds. The molecule has 5 nitrogen and oxygen atoms in total. The van der Waals surface area contributed by atoms with Crippen LogP contribution in [0, 0.1) is 10.1 Å². The van der Waals surface area contributed by atoms with Crippen LogP contribution in [0.5, 0.6) is 11.5 Å². The van der Waals surface area contributed by atoms with E-state index >= 15 is 0 Å². The molecule has 21 heavy (non-hydrogen) atoms. The highest BCUT2D eigenvalue weighted by Gasteiger charge is 2.17. The zero-order valence-corrected chi connectivity index (χ0v) is 12.6. The van der Waals surface area contributed by atoms with Gasteiger partial charge in [0.05, 0.1) is 9.95 Å². The molecule has 0 heterocycles. The Balaban J connectivity index is 2.37. The first kappa shape index (κ1) is 15.6. The van der Waals surface area contributed by atoms with Crippen molar-refractivity contribution in [2.24, 2.45) is 5.73 Å². The summed E-state index contributed by atoms with van der Waals surface area (Å²) >= 11 is 11.9. The lowest BCUT2D eigenvalue weighted by Crippen LogP contribution is -2.04. The maximum atomic E-state index is 11.0. The van der Waals surface area contributed by atoms with Gasteiger partial charge in [-0.15, -0.1) is 0 Å². The quantitative estimate of drug-likeness (QED) is 0.651. The van der Waals surface area contributed by atoms with Crippen LogP contribution in [0.25, 0.3) is 0 Å². The molecule has 0 radical (unpaired) electrons. The average molecular weight is 327 g/mol. The van der Waals surface area contributed by atoms with E-state index in [0.29, 0.717) is 10.8 Å². The van der Waals surface area contributed by atoms with Crippen LogP contribution in [-0.2, 0) is 0 Å². The Morgan fingerprint density at radius 2 is 1.86 bits per heavy atom. The van der Waals surface area contributed by atoms with Crippen molar-refractivity contribution < 1.29 is 9.66 Å². The van der Waals surface area contributed by atoms with Gasteiger partial charge < -0.3 is 10.5 Å². The number of rotatable bonds is 4. The van der Waals surface area contributed by atoms with Crippen molar-refractivity contribution in [2.45, 2.75) is 13.0 Å². The maximum absolute atomic E-state index is 11.0. The topological polar surface area (TPSA) is 78.4 Å². The van der Waals surface area contributed by atoms with Crippen molar-refractivity contribution in [1.29, 1.82) is 0 Å². The van der Waals surface area contributed by atoms with Crippen molar-refractivity contribution >= 4 is 28.9 Å². The molecule has 0 aliphatic heterocycles. The molecule has 0 bridgehead atoms. The van der Waals surface area contributed by atoms with Crippen LogP contribution in [-0.4, -0.2) is 4.92 Å². The van der Waals surface area contributed by atoms with Crippen LogP contribution < -0.4 is 10.5 Å². The summed E-state index contributed by atoms with van der Waals surface area (Å²) in [5.74, 6) is 0.381. The van der Waals surface area contributed by atoms with Crippen molar-refractivity contribution in [3.63, 3.8) is 0 Å². The largest absolute Gasteiger partial charge is 0.449 e.